The third-order valence-corrected chi connectivity index (χ3v) is 3.37. The highest BCUT2D eigenvalue weighted by Gasteiger charge is 2.14. The van der Waals surface area contributed by atoms with Crippen molar-refractivity contribution in [2.75, 3.05) is 0 Å². The molecule has 0 spiro atoms. The lowest BCUT2D eigenvalue weighted by Crippen LogP contribution is -2.00. The fourth-order valence-electron chi connectivity index (χ4n) is 2.24. The van der Waals surface area contributed by atoms with E-state index in [1.807, 2.05) is 0 Å². The van der Waals surface area contributed by atoms with Crippen LogP contribution < -0.4 is 5.73 Å². The van der Waals surface area contributed by atoms with Gasteiger partial charge >= 0.3 is 0 Å². The number of nitrogens with two attached hydrogens (primary N) is 1. The Morgan fingerprint density at radius 3 is 2.12 bits per heavy atom. The molecule has 7 heteroatoms. The van der Waals surface area contributed by atoms with Gasteiger partial charge in [-0.15, -0.1) is 0 Å². The molecule has 2 N–H and O–H groups in total. The van der Waals surface area contributed by atoms with Crippen LogP contribution in [0.2, 0.25) is 0 Å². The van der Waals surface area contributed by atoms with E-state index in [1.165, 1.54) is 6.07 Å². The van der Waals surface area contributed by atoms with Crippen molar-refractivity contribution < 1.29 is 17.6 Å². The fourth-order valence-corrected chi connectivity index (χ4v) is 2.24. The molecule has 3 nitrogen and oxygen atoms in total. The first kappa shape index (κ1) is 18.2. The summed E-state index contributed by atoms with van der Waals surface area (Å²) < 4.78 is 55.0. The second kappa shape index (κ2) is 7.62. The van der Waals surface area contributed by atoms with Gasteiger partial charge in [0.25, 0.3) is 0 Å². The van der Waals surface area contributed by atoms with E-state index in [4.69, 9.17) is 11.0 Å². The molecule has 0 heterocycles. The van der Waals surface area contributed by atoms with E-state index >= 15 is 0 Å². The molecule has 0 saturated heterocycles. The summed E-state index contributed by atoms with van der Waals surface area (Å²) in [7, 11) is 0. The van der Waals surface area contributed by atoms with Gasteiger partial charge in [0.1, 0.15) is 34.9 Å². The molecule has 0 amide bonds. The van der Waals surface area contributed by atoms with E-state index in [2.05, 4.69) is 4.99 Å². The summed E-state index contributed by atoms with van der Waals surface area (Å²) in [5, 5.41) is 8.62. The average molecular weight is 347 g/mol. The second-order valence-electron chi connectivity index (χ2n) is 5.24. The van der Waals surface area contributed by atoms with E-state index in [9.17, 15) is 17.6 Å². The number of nitrogens with zero attached hydrogens (tertiary/aromatic N) is 2. The zero-order chi connectivity index (χ0) is 18.6. The molecule has 0 saturated carbocycles. The van der Waals surface area contributed by atoms with Crippen LogP contribution in [0.3, 0.4) is 0 Å². The number of nitriles is 1. The highest BCUT2D eigenvalue weighted by molar-refractivity contribution is 6.09. The molecule has 0 aliphatic heterocycles. The maximum Gasteiger partial charge on any atom is 0.144 e. The van der Waals surface area contributed by atoms with Crippen molar-refractivity contribution in [2.24, 2.45) is 10.7 Å². The second-order valence-corrected chi connectivity index (χ2v) is 5.24. The van der Waals surface area contributed by atoms with E-state index in [0.717, 1.165) is 36.7 Å². The number of rotatable bonds is 4. The molecule has 2 aromatic rings. The van der Waals surface area contributed by atoms with Crippen molar-refractivity contribution in [1.29, 1.82) is 5.26 Å². The predicted molar refractivity (Wildman–Crippen MR) is 86.5 cm³/mol. The Morgan fingerprint density at radius 1 is 1.08 bits per heavy atom. The van der Waals surface area contributed by atoms with Crippen molar-refractivity contribution in [2.45, 2.75) is 13.5 Å². The predicted octanol–water partition coefficient (Wildman–Crippen LogP) is 3.99. The molecule has 0 fully saturated rings. The first-order valence-corrected chi connectivity index (χ1v) is 7.13. The molecule has 0 radical (unpaired) electrons. The summed E-state index contributed by atoms with van der Waals surface area (Å²) in [6, 6.07) is 5.66. The average Bonchev–Trinajstić information content (AvgIpc) is 2.52. The van der Waals surface area contributed by atoms with Crippen LogP contribution in [0.1, 0.15) is 22.3 Å². The molecular weight excluding hydrogens is 334 g/mol. The van der Waals surface area contributed by atoms with Gasteiger partial charge in [0, 0.05) is 18.0 Å². The van der Waals surface area contributed by atoms with Gasteiger partial charge in [-0.05, 0) is 42.3 Å². The van der Waals surface area contributed by atoms with Crippen LogP contribution in [-0.2, 0) is 6.54 Å². The van der Waals surface area contributed by atoms with Crippen molar-refractivity contribution in [3.8, 4) is 6.07 Å². The largest absolute Gasteiger partial charge is 0.404 e. The molecule has 128 valence electrons. The minimum absolute atomic E-state index is 0.00964. The lowest BCUT2D eigenvalue weighted by Gasteiger charge is -2.07. The first-order chi connectivity index (χ1) is 11.9. The summed E-state index contributed by atoms with van der Waals surface area (Å²) in [5.74, 6) is -3.59. The lowest BCUT2D eigenvalue weighted by molar-refractivity contribution is 0.573. The molecule has 0 atom stereocenters. The Balaban J connectivity index is 2.26. The van der Waals surface area contributed by atoms with Crippen molar-refractivity contribution in [3.63, 3.8) is 0 Å². The van der Waals surface area contributed by atoms with Gasteiger partial charge in [-0.3, -0.25) is 4.99 Å². The van der Waals surface area contributed by atoms with Gasteiger partial charge in [0.2, 0.25) is 0 Å². The van der Waals surface area contributed by atoms with Crippen LogP contribution in [-0.4, -0.2) is 6.21 Å². The SMILES string of the molecule is Cc1cc(F)c(C(/C=N\Cc2cc(F)c(C#N)c(F)c2)=C/N)c(F)c1. The standard InChI is InChI=1S/C18H13F4N3/c1-10-2-16(21)18(17(22)3-10)12(6-23)9-25-8-11-4-14(19)13(7-24)15(20)5-11/h2-6,9H,8,23H2,1H3/b12-6+,25-9-. The molecule has 0 aliphatic rings. The van der Waals surface area contributed by atoms with Crippen LogP contribution in [0.5, 0.6) is 0 Å². The number of allylic oxidation sites excluding steroid dienone is 1. The summed E-state index contributed by atoms with van der Waals surface area (Å²) in [6.45, 7) is 1.38. The van der Waals surface area contributed by atoms with Gasteiger partial charge in [-0.1, -0.05) is 0 Å². The number of hydrogen-bond donors (Lipinski definition) is 1. The molecule has 0 aliphatic carbocycles. The van der Waals surface area contributed by atoms with Crippen molar-refractivity contribution in [1.82, 2.24) is 0 Å². The summed E-state index contributed by atoms with van der Waals surface area (Å²) >= 11 is 0. The van der Waals surface area contributed by atoms with Crippen LogP contribution in [0.25, 0.3) is 5.57 Å². The fraction of sp³-hybridized carbons (Fsp3) is 0.111. The van der Waals surface area contributed by atoms with Crippen LogP contribution >= 0.6 is 0 Å². The topological polar surface area (TPSA) is 62.2 Å². The highest BCUT2D eigenvalue weighted by Crippen LogP contribution is 2.22. The van der Waals surface area contributed by atoms with Gasteiger partial charge in [0.05, 0.1) is 12.1 Å². The minimum Gasteiger partial charge on any atom is -0.404 e. The number of benzene rings is 2. The maximum atomic E-state index is 14.0. The Kier molecular flexibility index (Phi) is 5.55. The van der Waals surface area contributed by atoms with Crippen molar-refractivity contribution >= 4 is 11.8 Å². The molecular formula is C18H13F4N3. The van der Waals surface area contributed by atoms with Gasteiger partial charge < -0.3 is 5.73 Å². The smallest absolute Gasteiger partial charge is 0.144 e. The number of hydrogen-bond acceptors (Lipinski definition) is 3. The molecule has 0 unspecified atom stereocenters. The normalized spacial score (nSPS) is 11.8. The summed E-state index contributed by atoms with van der Waals surface area (Å²) in [6.07, 6.45) is 2.10. The molecule has 2 rings (SSSR count). The number of aliphatic imine (C=N–C) groups is 1. The molecule has 25 heavy (non-hydrogen) atoms. The Labute approximate surface area is 141 Å². The highest BCUT2D eigenvalue weighted by atomic mass is 19.1. The molecule has 0 aromatic heterocycles. The van der Waals surface area contributed by atoms with E-state index in [-0.39, 0.29) is 23.2 Å². The number of aryl methyl sites for hydroxylation is 1. The van der Waals surface area contributed by atoms with Crippen LogP contribution in [0, 0.1) is 41.5 Å². The third-order valence-electron chi connectivity index (χ3n) is 3.37. The molecule has 0 bridgehead atoms. The monoisotopic (exact) mass is 347 g/mol. The van der Waals surface area contributed by atoms with Crippen molar-refractivity contribution in [3.05, 3.63) is 76.0 Å². The minimum atomic E-state index is -1.00. The van der Waals surface area contributed by atoms with Gasteiger partial charge in [-0.2, -0.15) is 5.26 Å². The summed E-state index contributed by atoms with van der Waals surface area (Å²) in [5.41, 5.74) is 4.94. The molecule has 2 aromatic carbocycles. The quantitative estimate of drug-likeness (QED) is 0.671. The van der Waals surface area contributed by atoms with Crippen LogP contribution in [0.4, 0.5) is 17.6 Å². The number of halogens is 4. The van der Waals surface area contributed by atoms with Crippen LogP contribution in [0.15, 0.2) is 35.5 Å². The Morgan fingerprint density at radius 2 is 1.64 bits per heavy atom. The Bertz CT molecular complexity index is 865. The third kappa shape index (κ3) is 4.04. The zero-order valence-corrected chi connectivity index (χ0v) is 13.2. The first-order valence-electron chi connectivity index (χ1n) is 7.13. The van der Waals surface area contributed by atoms with Gasteiger partial charge in [0.15, 0.2) is 0 Å². The van der Waals surface area contributed by atoms with E-state index in [1.54, 1.807) is 6.92 Å². The zero-order valence-electron chi connectivity index (χ0n) is 13.2. The lowest BCUT2D eigenvalue weighted by atomic mass is 10.0. The summed E-state index contributed by atoms with van der Waals surface area (Å²) in [4.78, 5) is 3.91. The Hall–Kier alpha value is -3.14. The maximum absolute atomic E-state index is 14.0. The van der Waals surface area contributed by atoms with E-state index in [0.29, 0.717) is 5.56 Å². The van der Waals surface area contributed by atoms with Gasteiger partial charge in [-0.25, -0.2) is 17.6 Å². The van der Waals surface area contributed by atoms with E-state index < -0.39 is 28.8 Å².